The first-order chi connectivity index (χ1) is 6.24. The van der Waals surface area contributed by atoms with E-state index in [0.29, 0.717) is 5.57 Å². The van der Waals surface area contributed by atoms with Gasteiger partial charge in [0.15, 0.2) is 6.23 Å². The van der Waals surface area contributed by atoms with Crippen molar-refractivity contribution >= 4 is 5.97 Å². The Morgan fingerprint density at radius 1 is 1.69 bits per heavy atom. The lowest BCUT2D eigenvalue weighted by Crippen LogP contribution is -2.28. The first kappa shape index (κ1) is 10.3. The van der Waals surface area contributed by atoms with Crippen molar-refractivity contribution in [2.45, 2.75) is 38.8 Å². The summed E-state index contributed by atoms with van der Waals surface area (Å²) in [4.78, 5) is 11.3. The van der Waals surface area contributed by atoms with E-state index in [0.717, 1.165) is 32.2 Å². The fourth-order valence-electron chi connectivity index (χ4n) is 1.37. The minimum atomic E-state index is -0.249. The van der Waals surface area contributed by atoms with E-state index in [1.807, 2.05) is 6.92 Å². The number of nitrogens with one attached hydrogen (secondary N) is 1. The van der Waals surface area contributed by atoms with E-state index >= 15 is 0 Å². The van der Waals surface area contributed by atoms with Crippen LogP contribution in [0.4, 0.5) is 0 Å². The molecule has 3 nitrogen and oxygen atoms in total. The Morgan fingerprint density at radius 2 is 2.46 bits per heavy atom. The van der Waals surface area contributed by atoms with Gasteiger partial charge in [-0.05, 0) is 25.8 Å². The van der Waals surface area contributed by atoms with Crippen molar-refractivity contribution in [3.05, 3.63) is 12.2 Å². The molecule has 1 heterocycles. The fraction of sp³-hybridized carbons (Fsp3) is 0.700. The average Bonchev–Trinajstić information content (AvgIpc) is 2.57. The molecule has 1 fully saturated rings. The van der Waals surface area contributed by atoms with Crippen LogP contribution in [0.3, 0.4) is 0 Å². The standard InChI is InChI=1S/C10H17NO2/c1-3-5-8(2)10(12)13-9-6-4-7-11-9/h9,11H,2-7H2,1H3. The van der Waals surface area contributed by atoms with E-state index in [-0.39, 0.29) is 12.2 Å². The normalized spacial score (nSPS) is 21.5. The van der Waals surface area contributed by atoms with Gasteiger partial charge in [0.05, 0.1) is 0 Å². The Balaban J connectivity index is 2.27. The van der Waals surface area contributed by atoms with Crippen molar-refractivity contribution in [2.75, 3.05) is 6.54 Å². The summed E-state index contributed by atoms with van der Waals surface area (Å²) in [7, 11) is 0. The molecule has 1 atom stereocenters. The number of esters is 1. The van der Waals surface area contributed by atoms with E-state index < -0.39 is 0 Å². The number of hydrogen-bond acceptors (Lipinski definition) is 3. The zero-order valence-electron chi connectivity index (χ0n) is 8.14. The highest BCUT2D eigenvalue weighted by molar-refractivity contribution is 5.87. The van der Waals surface area contributed by atoms with Crippen LogP contribution in [0.1, 0.15) is 32.6 Å². The van der Waals surface area contributed by atoms with E-state index in [1.165, 1.54) is 0 Å². The zero-order valence-corrected chi connectivity index (χ0v) is 8.14. The largest absolute Gasteiger partial charge is 0.443 e. The highest BCUT2D eigenvalue weighted by Gasteiger charge is 2.19. The van der Waals surface area contributed by atoms with Crippen molar-refractivity contribution in [1.29, 1.82) is 0 Å². The van der Waals surface area contributed by atoms with Crippen LogP contribution in [0, 0.1) is 0 Å². The van der Waals surface area contributed by atoms with Gasteiger partial charge in [-0.25, -0.2) is 4.79 Å². The molecular formula is C10H17NO2. The van der Waals surface area contributed by atoms with Crippen LogP contribution in [-0.2, 0) is 9.53 Å². The summed E-state index contributed by atoms with van der Waals surface area (Å²) in [5, 5.41) is 3.10. The van der Waals surface area contributed by atoms with Gasteiger partial charge >= 0.3 is 5.97 Å². The van der Waals surface area contributed by atoms with Gasteiger partial charge in [-0.15, -0.1) is 0 Å². The van der Waals surface area contributed by atoms with Crippen LogP contribution in [0.25, 0.3) is 0 Å². The van der Waals surface area contributed by atoms with Gasteiger partial charge in [0.25, 0.3) is 0 Å². The molecular weight excluding hydrogens is 166 g/mol. The second-order valence-electron chi connectivity index (χ2n) is 3.34. The lowest BCUT2D eigenvalue weighted by molar-refractivity contribution is -0.145. The highest BCUT2D eigenvalue weighted by atomic mass is 16.6. The molecule has 1 rings (SSSR count). The van der Waals surface area contributed by atoms with Crippen molar-refractivity contribution in [3.63, 3.8) is 0 Å². The summed E-state index contributed by atoms with van der Waals surface area (Å²) in [6.45, 7) is 6.65. The summed E-state index contributed by atoms with van der Waals surface area (Å²) in [6.07, 6.45) is 3.59. The smallest absolute Gasteiger partial charge is 0.334 e. The highest BCUT2D eigenvalue weighted by Crippen LogP contribution is 2.10. The number of carbonyl (C=O) groups excluding carboxylic acids is 1. The summed E-state index contributed by atoms with van der Waals surface area (Å²) in [6, 6.07) is 0. The predicted molar refractivity (Wildman–Crippen MR) is 51.2 cm³/mol. The van der Waals surface area contributed by atoms with Gasteiger partial charge in [0.2, 0.25) is 0 Å². The van der Waals surface area contributed by atoms with E-state index in [1.54, 1.807) is 0 Å². The lowest BCUT2D eigenvalue weighted by atomic mass is 10.2. The third-order valence-corrected chi connectivity index (χ3v) is 2.10. The summed E-state index contributed by atoms with van der Waals surface area (Å²) in [5.74, 6) is -0.249. The van der Waals surface area contributed by atoms with Crippen LogP contribution < -0.4 is 5.32 Å². The van der Waals surface area contributed by atoms with Gasteiger partial charge in [0, 0.05) is 5.57 Å². The topological polar surface area (TPSA) is 38.3 Å². The molecule has 13 heavy (non-hydrogen) atoms. The predicted octanol–water partition coefficient (Wildman–Crippen LogP) is 1.60. The average molecular weight is 183 g/mol. The molecule has 1 unspecified atom stereocenters. The van der Waals surface area contributed by atoms with Gasteiger partial charge < -0.3 is 4.74 Å². The first-order valence-electron chi connectivity index (χ1n) is 4.86. The van der Waals surface area contributed by atoms with Crippen molar-refractivity contribution in [2.24, 2.45) is 0 Å². The Kier molecular flexibility index (Phi) is 3.96. The number of ether oxygens (including phenoxy) is 1. The second kappa shape index (κ2) is 5.02. The number of hydrogen-bond donors (Lipinski definition) is 1. The van der Waals surface area contributed by atoms with E-state index in [4.69, 9.17) is 4.74 Å². The first-order valence-corrected chi connectivity index (χ1v) is 4.86. The van der Waals surface area contributed by atoms with Crippen molar-refractivity contribution < 1.29 is 9.53 Å². The van der Waals surface area contributed by atoms with Gasteiger partial charge in [-0.1, -0.05) is 19.9 Å². The minimum Gasteiger partial charge on any atom is -0.443 e. The van der Waals surface area contributed by atoms with E-state index in [9.17, 15) is 4.79 Å². The maximum atomic E-state index is 11.3. The third kappa shape index (κ3) is 3.19. The van der Waals surface area contributed by atoms with Crippen LogP contribution in [0.2, 0.25) is 0 Å². The van der Waals surface area contributed by atoms with Crippen LogP contribution >= 0.6 is 0 Å². The van der Waals surface area contributed by atoms with Crippen LogP contribution in [0.15, 0.2) is 12.2 Å². The maximum absolute atomic E-state index is 11.3. The van der Waals surface area contributed by atoms with Gasteiger partial charge in [-0.3, -0.25) is 5.32 Å². The summed E-state index contributed by atoms with van der Waals surface area (Å²) in [5.41, 5.74) is 0.580. The number of rotatable bonds is 4. The van der Waals surface area contributed by atoms with Crippen LogP contribution in [-0.4, -0.2) is 18.7 Å². The quantitative estimate of drug-likeness (QED) is 0.531. The van der Waals surface area contributed by atoms with Gasteiger partial charge in [0.1, 0.15) is 0 Å². The molecule has 1 saturated heterocycles. The van der Waals surface area contributed by atoms with Gasteiger partial charge in [-0.2, -0.15) is 0 Å². The van der Waals surface area contributed by atoms with Crippen molar-refractivity contribution in [3.8, 4) is 0 Å². The molecule has 0 radical (unpaired) electrons. The molecule has 0 aromatic carbocycles. The molecule has 0 amide bonds. The zero-order chi connectivity index (χ0) is 9.68. The Bertz CT molecular complexity index is 195. The Labute approximate surface area is 79.2 Å². The molecule has 1 N–H and O–H groups in total. The molecule has 74 valence electrons. The SMILES string of the molecule is C=C(CCC)C(=O)OC1CCCN1. The van der Waals surface area contributed by atoms with E-state index in [2.05, 4.69) is 11.9 Å². The molecule has 1 aliphatic rings. The Hall–Kier alpha value is -0.830. The fourth-order valence-corrected chi connectivity index (χ4v) is 1.37. The summed E-state index contributed by atoms with van der Waals surface area (Å²) >= 11 is 0. The maximum Gasteiger partial charge on any atom is 0.334 e. The molecule has 0 aliphatic carbocycles. The lowest BCUT2D eigenvalue weighted by Gasteiger charge is -2.12. The summed E-state index contributed by atoms with van der Waals surface area (Å²) < 4.78 is 5.18. The molecule has 0 saturated carbocycles. The third-order valence-electron chi connectivity index (χ3n) is 2.10. The van der Waals surface area contributed by atoms with Crippen LogP contribution in [0.5, 0.6) is 0 Å². The molecule has 0 spiro atoms. The molecule has 1 aliphatic heterocycles. The number of carbonyl (C=O) groups is 1. The second-order valence-corrected chi connectivity index (χ2v) is 3.34. The van der Waals surface area contributed by atoms with Crippen molar-refractivity contribution in [1.82, 2.24) is 5.32 Å². The minimum absolute atomic E-state index is 0.0823. The monoisotopic (exact) mass is 183 g/mol. The Morgan fingerprint density at radius 3 is 3.00 bits per heavy atom. The molecule has 0 aromatic heterocycles. The molecule has 3 heteroatoms. The molecule has 0 aromatic rings. The molecule has 0 bridgehead atoms.